The zero-order valence-corrected chi connectivity index (χ0v) is 6.82. The summed E-state index contributed by atoms with van der Waals surface area (Å²) in [6.07, 6.45) is 7.61. The predicted molar refractivity (Wildman–Crippen MR) is 45.1 cm³/mol. The highest BCUT2D eigenvalue weighted by Gasteiger charge is 1.97. The van der Waals surface area contributed by atoms with E-state index in [0.717, 1.165) is 6.54 Å². The molecule has 0 fully saturated rings. The van der Waals surface area contributed by atoms with Crippen LogP contribution in [-0.2, 0) is 0 Å². The second-order valence-electron chi connectivity index (χ2n) is 2.89. The van der Waals surface area contributed by atoms with Gasteiger partial charge in [0.1, 0.15) is 0 Å². The number of hydrogen-bond acceptors (Lipinski definition) is 1. The molecule has 1 aliphatic heterocycles. The maximum atomic E-state index is 3.42. The number of rotatable bonds is 1. The fourth-order valence-corrected chi connectivity index (χ4v) is 1.29. The van der Waals surface area contributed by atoms with Gasteiger partial charge in [-0.2, -0.15) is 0 Å². The Morgan fingerprint density at radius 3 is 3.20 bits per heavy atom. The summed E-state index contributed by atoms with van der Waals surface area (Å²) < 4.78 is 0. The number of allylic oxidation sites excluding steroid dienone is 1. The third-order valence-corrected chi connectivity index (χ3v) is 2.05. The lowest BCUT2D eigenvalue weighted by Crippen LogP contribution is -2.19. The largest absolute Gasteiger partial charge is 0.313 e. The molecule has 0 spiro atoms. The van der Waals surface area contributed by atoms with Crippen LogP contribution in [0.2, 0.25) is 0 Å². The van der Waals surface area contributed by atoms with Crippen molar-refractivity contribution < 1.29 is 0 Å². The maximum absolute atomic E-state index is 3.42. The molecule has 1 N–H and O–H groups in total. The van der Waals surface area contributed by atoms with Crippen LogP contribution in [0.1, 0.15) is 32.6 Å². The minimum absolute atomic E-state index is 1.12. The molecule has 1 aliphatic rings. The molecule has 0 saturated heterocycles. The first kappa shape index (κ1) is 7.80. The SMILES string of the molecule is CCC1=CCCCCNC1. The van der Waals surface area contributed by atoms with Crippen molar-refractivity contribution in [1.29, 1.82) is 0 Å². The van der Waals surface area contributed by atoms with E-state index >= 15 is 0 Å². The van der Waals surface area contributed by atoms with Crippen LogP contribution in [0, 0.1) is 0 Å². The number of nitrogens with one attached hydrogen (secondary N) is 1. The Labute approximate surface area is 63.5 Å². The Morgan fingerprint density at radius 1 is 1.50 bits per heavy atom. The molecule has 0 unspecified atom stereocenters. The maximum Gasteiger partial charge on any atom is 0.0164 e. The molecular formula is C9H17N. The van der Waals surface area contributed by atoms with E-state index in [1.54, 1.807) is 5.57 Å². The summed E-state index contributed by atoms with van der Waals surface area (Å²) >= 11 is 0. The summed E-state index contributed by atoms with van der Waals surface area (Å²) in [5.74, 6) is 0. The summed E-state index contributed by atoms with van der Waals surface area (Å²) in [5.41, 5.74) is 1.58. The van der Waals surface area contributed by atoms with Crippen LogP contribution in [0.5, 0.6) is 0 Å². The molecule has 0 aliphatic carbocycles. The molecule has 0 aromatic carbocycles. The summed E-state index contributed by atoms with van der Waals surface area (Å²) in [4.78, 5) is 0. The highest BCUT2D eigenvalue weighted by atomic mass is 14.8. The van der Waals surface area contributed by atoms with Crippen LogP contribution in [0.25, 0.3) is 0 Å². The Kier molecular flexibility index (Phi) is 3.52. The monoisotopic (exact) mass is 139 g/mol. The molecular weight excluding hydrogens is 122 g/mol. The molecule has 1 rings (SSSR count). The van der Waals surface area contributed by atoms with E-state index in [1.807, 2.05) is 0 Å². The van der Waals surface area contributed by atoms with Crippen molar-refractivity contribution in [2.24, 2.45) is 0 Å². The Hall–Kier alpha value is -0.300. The molecule has 0 atom stereocenters. The van der Waals surface area contributed by atoms with Gasteiger partial charge in [-0.3, -0.25) is 0 Å². The molecule has 58 valence electrons. The van der Waals surface area contributed by atoms with Gasteiger partial charge in [-0.05, 0) is 32.2 Å². The normalized spacial score (nSPS) is 21.1. The van der Waals surface area contributed by atoms with Crippen LogP contribution in [0.3, 0.4) is 0 Å². The Balaban J connectivity index is 2.35. The first-order chi connectivity index (χ1) is 4.93. The second-order valence-corrected chi connectivity index (χ2v) is 2.89. The van der Waals surface area contributed by atoms with Gasteiger partial charge in [0.15, 0.2) is 0 Å². The van der Waals surface area contributed by atoms with E-state index < -0.39 is 0 Å². The van der Waals surface area contributed by atoms with Gasteiger partial charge in [-0.25, -0.2) is 0 Å². The third-order valence-electron chi connectivity index (χ3n) is 2.05. The molecule has 1 nitrogen and oxygen atoms in total. The Morgan fingerprint density at radius 2 is 2.40 bits per heavy atom. The van der Waals surface area contributed by atoms with Crippen molar-refractivity contribution in [1.82, 2.24) is 5.32 Å². The van der Waals surface area contributed by atoms with Crippen LogP contribution in [0.4, 0.5) is 0 Å². The van der Waals surface area contributed by atoms with Crippen molar-refractivity contribution in [2.45, 2.75) is 32.6 Å². The standard InChI is InChI=1S/C9H17N/c1-2-9-6-4-3-5-7-10-8-9/h6,10H,2-5,7-8H2,1H3. The smallest absolute Gasteiger partial charge is 0.0164 e. The van der Waals surface area contributed by atoms with Crippen molar-refractivity contribution in [3.63, 3.8) is 0 Å². The molecule has 0 radical (unpaired) electrons. The lowest BCUT2D eigenvalue weighted by atomic mass is 10.1. The highest BCUT2D eigenvalue weighted by Crippen LogP contribution is 2.06. The average Bonchev–Trinajstić information content (AvgIpc) is 1.87. The molecule has 0 bridgehead atoms. The molecule has 1 heteroatoms. The van der Waals surface area contributed by atoms with Gasteiger partial charge in [0.2, 0.25) is 0 Å². The van der Waals surface area contributed by atoms with Crippen LogP contribution >= 0.6 is 0 Å². The molecule has 0 aromatic heterocycles. The van der Waals surface area contributed by atoms with E-state index in [1.165, 1.54) is 32.2 Å². The first-order valence-electron chi connectivity index (χ1n) is 4.32. The fraction of sp³-hybridized carbons (Fsp3) is 0.778. The fourth-order valence-electron chi connectivity index (χ4n) is 1.29. The summed E-state index contributed by atoms with van der Waals surface area (Å²) in [5, 5.41) is 3.42. The van der Waals surface area contributed by atoms with Gasteiger partial charge < -0.3 is 5.32 Å². The van der Waals surface area contributed by atoms with Gasteiger partial charge in [0.25, 0.3) is 0 Å². The summed E-state index contributed by atoms with van der Waals surface area (Å²) in [7, 11) is 0. The van der Waals surface area contributed by atoms with Gasteiger partial charge in [0, 0.05) is 6.54 Å². The molecule has 1 heterocycles. The quantitative estimate of drug-likeness (QED) is 0.548. The minimum atomic E-state index is 1.12. The predicted octanol–water partition coefficient (Wildman–Crippen LogP) is 2.10. The van der Waals surface area contributed by atoms with Gasteiger partial charge in [-0.15, -0.1) is 0 Å². The third kappa shape index (κ3) is 2.53. The van der Waals surface area contributed by atoms with Crippen molar-refractivity contribution in [3.8, 4) is 0 Å². The van der Waals surface area contributed by atoms with Gasteiger partial charge in [0.05, 0.1) is 0 Å². The van der Waals surface area contributed by atoms with Crippen LogP contribution < -0.4 is 5.32 Å². The van der Waals surface area contributed by atoms with Gasteiger partial charge >= 0.3 is 0 Å². The topological polar surface area (TPSA) is 12.0 Å². The molecule has 0 amide bonds. The summed E-state index contributed by atoms with van der Waals surface area (Å²) in [6.45, 7) is 4.56. The van der Waals surface area contributed by atoms with Crippen molar-refractivity contribution in [3.05, 3.63) is 11.6 Å². The number of hydrogen-bond donors (Lipinski definition) is 1. The second kappa shape index (κ2) is 4.51. The average molecular weight is 139 g/mol. The van der Waals surface area contributed by atoms with E-state index in [0.29, 0.717) is 0 Å². The first-order valence-corrected chi connectivity index (χ1v) is 4.32. The van der Waals surface area contributed by atoms with Crippen molar-refractivity contribution >= 4 is 0 Å². The van der Waals surface area contributed by atoms with E-state index in [9.17, 15) is 0 Å². The molecule has 0 aromatic rings. The summed E-state index contributed by atoms with van der Waals surface area (Å²) in [6, 6.07) is 0. The van der Waals surface area contributed by atoms with Gasteiger partial charge in [-0.1, -0.05) is 18.6 Å². The zero-order valence-electron chi connectivity index (χ0n) is 6.82. The van der Waals surface area contributed by atoms with Crippen LogP contribution in [-0.4, -0.2) is 13.1 Å². The highest BCUT2D eigenvalue weighted by molar-refractivity contribution is 5.03. The zero-order chi connectivity index (χ0) is 7.23. The lowest BCUT2D eigenvalue weighted by Gasteiger charge is -2.10. The van der Waals surface area contributed by atoms with Crippen molar-refractivity contribution in [2.75, 3.05) is 13.1 Å². The lowest BCUT2D eigenvalue weighted by molar-refractivity contribution is 0.626. The Bertz CT molecular complexity index is 116. The van der Waals surface area contributed by atoms with E-state index in [2.05, 4.69) is 18.3 Å². The molecule has 0 saturated carbocycles. The molecule has 10 heavy (non-hydrogen) atoms. The van der Waals surface area contributed by atoms with Crippen LogP contribution in [0.15, 0.2) is 11.6 Å². The minimum Gasteiger partial charge on any atom is -0.313 e. The van der Waals surface area contributed by atoms with E-state index in [-0.39, 0.29) is 0 Å². The van der Waals surface area contributed by atoms with E-state index in [4.69, 9.17) is 0 Å².